The minimum absolute atomic E-state index is 0.0908. The van der Waals surface area contributed by atoms with Gasteiger partial charge in [0, 0.05) is 40.9 Å². The summed E-state index contributed by atoms with van der Waals surface area (Å²) in [6, 6.07) is 10.3. The summed E-state index contributed by atoms with van der Waals surface area (Å²) in [4.78, 5) is 20.8. The SMILES string of the molecule is O=C(c1cc(Br)c[nH]1)N1CCC(c2c[nH]c3ccccc23)CC1. The Kier molecular flexibility index (Phi) is 3.73. The highest BCUT2D eigenvalue weighted by molar-refractivity contribution is 9.10. The van der Waals surface area contributed by atoms with Gasteiger partial charge in [-0.25, -0.2) is 0 Å². The van der Waals surface area contributed by atoms with E-state index >= 15 is 0 Å². The maximum absolute atomic E-state index is 12.5. The van der Waals surface area contributed by atoms with Crippen molar-refractivity contribution in [1.29, 1.82) is 0 Å². The van der Waals surface area contributed by atoms with Crippen molar-refractivity contribution in [2.75, 3.05) is 13.1 Å². The van der Waals surface area contributed by atoms with Gasteiger partial charge in [-0.05, 0) is 52.4 Å². The molecule has 23 heavy (non-hydrogen) atoms. The lowest BCUT2D eigenvalue weighted by Gasteiger charge is -2.31. The molecule has 5 heteroatoms. The van der Waals surface area contributed by atoms with E-state index in [0.29, 0.717) is 11.6 Å². The first kappa shape index (κ1) is 14.6. The highest BCUT2D eigenvalue weighted by Gasteiger charge is 2.26. The summed E-state index contributed by atoms with van der Waals surface area (Å²) in [5.41, 5.74) is 3.23. The number of fused-ring (bicyclic) bond motifs is 1. The Balaban J connectivity index is 1.48. The number of H-pyrrole nitrogens is 2. The number of para-hydroxylation sites is 1. The molecule has 1 fully saturated rings. The van der Waals surface area contributed by atoms with Crippen LogP contribution in [0.15, 0.2) is 47.2 Å². The second-order valence-electron chi connectivity index (χ2n) is 6.09. The van der Waals surface area contributed by atoms with Gasteiger partial charge in [-0.15, -0.1) is 0 Å². The fraction of sp³-hybridized carbons (Fsp3) is 0.278. The van der Waals surface area contributed by atoms with Gasteiger partial charge < -0.3 is 14.9 Å². The Hall–Kier alpha value is -2.01. The number of hydrogen-bond acceptors (Lipinski definition) is 1. The molecule has 2 aromatic heterocycles. The minimum Gasteiger partial charge on any atom is -0.361 e. The molecule has 1 saturated heterocycles. The number of piperidine rings is 1. The van der Waals surface area contributed by atoms with Crippen LogP contribution in [0.25, 0.3) is 10.9 Å². The summed E-state index contributed by atoms with van der Waals surface area (Å²) in [6.45, 7) is 1.61. The Labute approximate surface area is 143 Å². The molecule has 1 aliphatic rings. The van der Waals surface area contributed by atoms with Crippen molar-refractivity contribution in [3.63, 3.8) is 0 Å². The molecule has 0 spiro atoms. The molecule has 0 atom stereocenters. The molecule has 2 N–H and O–H groups in total. The molecule has 3 heterocycles. The van der Waals surface area contributed by atoms with Gasteiger partial charge in [-0.1, -0.05) is 18.2 Å². The maximum Gasteiger partial charge on any atom is 0.270 e. The molecule has 0 aliphatic carbocycles. The summed E-state index contributed by atoms with van der Waals surface area (Å²) in [7, 11) is 0. The third-order valence-corrected chi connectivity index (χ3v) is 5.18. The van der Waals surface area contributed by atoms with E-state index in [4.69, 9.17) is 0 Å². The van der Waals surface area contributed by atoms with Crippen LogP contribution >= 0.6 is 15.9 Å². The summed E-state index contributed by atoms with van der Waals surface area (Å²) >= 11 is 3.38. The van der Waals surface area contributed by atoms with Crippen molar-refractivity contribution in [1.82, 2.24) is 14.9 Å². The fourth-order valence-corrected chi connectivity index (χ4v) is 3.83. The zero-order valence-corrected chi connectivity index (χ0v) is 14.3. The first-order valence-corrected chi connectivity index (χ1v) is 8.71. The number of aromatic amines is 2. The molecule has 0 bridgehead atoms. The van der Waals surface area contributed by atoms with E-state index in [2.05, 4.69) is 56.4 Å². The van der Waals surface area contributed by atoms with Gasteiger partial charge in [0.2, 0.25) is 0 Å². The van der Waals surface area contributed by atoms with E-state index in [1.807, 2.05) is 11.0 Å². The zero-order valence-electron chi connectivity index (χ0n) is 12.7. The number of benzene rings is 1. The van der Waals surface area contributed by atoms with Crippen LogP contribution < -0.4 is 0 Å². The number of nitrogens with zero attached hydrogens (tertiary/aromatic N) is 1. The van der Waals surface area contributed by atoms with Gasteiger partial charge in [0.1, 0.15) is 5.69 Å². The topological polar surface area (TPSA) is 51.9 Å². The van der Waals surface area contributed by atoms with E-state index in [-0.39, 0.29) is 5.91 Å². The number of rotatable bonds is 2. The molecule has 118 valence electrons. The predicted molar refractivity (Wildman–Crippen MR) is 94.7 cm³/mol. The quantitative estimate of drug-likeness (QED) is 0.693. The largest absolute Gasteiger partial charge is 0.361 e. The van der Waals surface area contributed by atoms with E-state index in [9.17, 15) is 4.79 Å². The summed E-state index contributed by atoms with van der Waals surface area (Å²) in [5.74, 6) is 0.610. The Morgan fingerprint density at radius 3 is 2.65 bits per heavy atom. The number of likely N-dealkylation sites (tertiary alicyclic amines) is 1. The van der Waals surface area contributed by atoms with Crippen molar-refractivity contribution in [2.45, 2.75) is 18.8 Å². The second kappa shape index (κ2) is 5.89. The van der Waals surface area contributed by atoms with E-state index in [0.717, 1.165) is 30.4 Å². The number of hydrogen-bond donors (Lipinski definition) is 2. The second-order valence-corrected chi connectivity index (χ2v) is 7.00. The van der Waals surface area contributed by atoms with Gasteiger partial charge in [0.25, 0.3) is 5.91 Å². The van der Waals surface area contributed by atoms with Crippen LogP contribution in [0.3, 0.4) is 0 Å². The summed E-state index contributed by atoms with van der Waals surface area (Å²) < 4.78 is 0.912. The number of aromatic nitrogens is 2. The van der Waals surface area contributed by atoms with Crippen LogP contribution in [0.5, 0.6) is 0 Å². The zero-order chi connectivity index (χ0) is 15.8. The van der Waals surface area contributed by atoms with Gasteiger partial charge in [-0.3, -0.25) is 4.79 Å². The van der Waals surface area contributed by atoms with Crippen molar-refractivity contribution in [3.05, 3.63) is 58.5 Å². The molecule has 0 radical (unpaired) electrons. The van der Waals surface area contributed by atoms with Gasteiger partial charge in [0.15, 0.2) is 0 Å². The smallest absolute Gasteiger partial charge is 0.270 e. The fourth-order valence-electron chi connectivity index (χ4n) is 3.49. The average molecular weight is 372 g/mol. The highest BCUT2D eigenvalue weighted by Crippen LogP contribution is 2.33. The normalized spacial score (nSPS) is 16.1. The third kappa shape index (κ3) is 2.70. The molecule has 4 rings (SSSR count). The lowest BCUT2D eigenvalue weighted by Crippen LogP contribution is -2.38. The standard InChI is InChI=1S/C18H18BrN3O/c19-13-9-17(20-10-13)18(23)22-7-5-12(6-8-22)15-11-21-16-4-2-1-3-14(15)16/h1-4,9-12,20-21H,5-8H2. The van der Waals surface area contributed by atoms with Gasteiger partial charge >= 0.3 is 0 Å². The van der Waals surface area contributed by atoms with Crippen LogP contribution in [-0.2, 0) is 0 Å². The molecule has 0 unspecified atom stereocenters. The molecule has 3 aromatic rings. The number of carbonyl (C=O) groups is 1. The Morgan fingerprint density at radius 1 is 1.13 bits per heavy atom. The van der Waals surface area contributed by atoms with Crippen molar-refractivity contribution in [3.8, 4) is 0 Å². The lowest BCUT2D eigenvalue weighted by molar-refractivity contribution is 0.0708. The third-order valence-electron chi connectivity index (χ3n) is 4.72. The molecule has 1 aliphatic heterocycles. The van der Waals surface area contributed by atoms with E-state index in [1.165, 1.54) is 16.5 Å². The van der Waals surface area contributed by atoms with Crippen molar-refractivity contribution < 1.29 is 4.79 Å². The molecule has 4 nitrogen and oxygen atoms in total. The number of amides is 1. The van der Waals surface area contributed by atoms with Crippen LogP contribution in [0.2, 0.25) is 0 Å². The van der Waals surface area contributed by atoms with E-state index < -0.39 is 0 Å². The van der Waals surface area contributed by atoms with Crippen LogP contribution in [-0.4, -0.2) is 33.9 Å². The van der Waals surface area contributed by atoms with E-state index in [1.54, 1.807) is 6.20 Å². The lowest BCUT2D eigenvalue weighted by atomic mass is 9.89. The molecule has 1 amide bonds. The first-order valence-electron chi connectivity index (χ1n) is 7.91. The van der Waals surface area contributed by atoms with Crippen LogP contribution in [0.1, 0.15) is 34.8 Å². The van der Waals surface area contributed by atoms with Gasteiger partial charge in [0.05, 0.1) is 0 Å². The minimum atomic E-state index is 0.0908. The Morgan fingerprint density at radius 2 is 1.91 bits per heavy atom. The van der Waals surface area contributed by atoms with Gasteiger partial charge in [-0.2, -0.15) is 0 Å². The highest BCUT2D eigenvalue weighted by atomic mass is 79.9. The van der Waals surface area contributed by atoms with Crippen LogP contribution in [0.4, 0.5) is 0 Å². The summed E-state index contributed by atoms with van der Waals surface area (Å²) in [6.07, 6.45) is 5.95. The number of nitrogens with one attached hydrogen (secondary N) is 2. The number of halogens is 1. The molecule has 0 saturated carbocycles. The summed E-state index contributed by atoms with van der Waals surface area (Å²) in [5, 5.41) is 1.31. The first-order chi connectivity index (χ1) is 11.2. The monoisotopic (exact) mass is 371 g/mol. The molecular weight excluding hydrogens is 354 g/mol. The Bertz CT molecular complexity index is 843. The average Bonchev–Trinajstić information content (AvgIpc) is 3.21. The maximum atomic E-state index is 12.5. The van der Waals surface area contributed by atoms with Crippen molar-refractivity contribution >= 4 is 32.7 Å². The number of carbonyl (C=O) groups excluding carboxylic acids is 1. The molecule has 1 aromatic carbocycles. The predicted octanol–water partition coefficient (Wildman–Crippen LogP) is 4.28. The molecular formula is C18H18BrN3O. The van der Waals surface area contributed by atoms with Crippen molar-refractivity contribution in [2.24, 2.45) is 0 Å². The van der Waals surface area contributed by atoms with Crippen LogP contribution in [0, 0.1) is 0 Å².